The molecule has 37 heavy (non-hydrogen) atoms. The number of thioether (sulfide) groups is 1. The van der Waals surface area contributed by atoms with Crippen LogP contribution in [0.2, 0.25) is 0 Å². The Kier molecular flexibility index (Phi) is 6.33. The monoisotopic (exact) mass is 554 g/mol. The fourth-order valence-corrected chi connectivity index (χ4v) is 7.14. The number of amides is 2. The molecule has 198 valence electrons. The van der Waals surface area contributed by atoms with Crippen molar-refractivity contribution in [1.82, 2.24) is 19.6 Å². The third-order valence-corrected chi connectivity index (χ3v) is 8.89. The minimum atomic E-state index is -1.32. The summed E-state index contributed by atoms with van der Waals surface area (Å²) in [5.74, 6) is -3.90. The SMILES string of the molecule is Nc1nc(/C(=N/OCC(=O)O)C(=O)N[C@@H]2C(=O)N3C(C(=O)O)=C(C[N+]45CCC(O)(CC4)C5)CS[C@@H]23)ns1. The van der Waals surface area contributed by atoms with Crippen LogP contribution >= 0.6 is 23.3 Å². The quantitative estimate of drug-likeness (QED) is 0.0971. The number of carbonyl (C=O) groups excluding carboxylic acids is 2. The summed E-state index contributed by atoms with van der Waals surface area (Å²) in [6.45, 7) is 1.71. The molecule has 0 aromatic carbocycles. The molecule has 17 heteroatoms. The van der Waals surface area contributed by atoms with Crippen LogP contribution < -0.4 is 11.1 Å². The second-order valence-corrected chi connectivity index (χ2v) is 11.4. The van der Waals surface area contributed by atoms with Gasteiger partial charge in [0.2, 0.25) is 18.1 Å². The number of anilines is 1. The van der Waals surface area contributed by atoms with Gasteiger partial charge in [-0.15, -0.1) is 11.8 Å². The van der Waals surface area contributed by atoms with Gasteiger partial charge in [-0.05, 0) is 0 Å². The van der Waals surface area contributed by atoms with Gasteiger partial charge in [-0.3, -0.25) is 14.5 Å². The minimum absolute atomic E-state index is 0.0343. The van der Waals surface area contributed by atoms with Crippen molar-refractivity contribution >= 4 is 57.9 Å². The Morgan fingerprint density at radius 2 is 2.03 bits per heavy atom. The number of rotatable bonds is 9. The van der Waals surface area contributed by atoms with E-state index < -0.39 is 53.1 Å². The molecule has 15 nitrogen and oxygen atoms in total. The zero-order valence-electron chi connectivity index (χ0n) is 19.3. The van der Waals surface area contributed by atoms with Gasteiger partial charge in [-0.1, -0.05) is 5.16 Å². The second-order valence-electron chi connectivity index (χ2n) is 9.51. The highest BCUT2D eigenvalue weighted by atomic mass is 32.2. The summed E-state index contributed by atoms with van der Waals surface area (Å²) >= 11 is 2.12. The predicted octanol–water partition coefficient (Wildman–Crippen LogP) is -1.98. The average molecular weight is 555 g/mol. The molecule has 1 aromatic heterocycles. The highest BCUT2D eigenvalue weighted by Crippen LogP contribution is 2.44. The number of nitrogen functional groups attached to an aromatic ring is 1. The highest BCUT2D eigenvalue weighted by molar-refractivity contribution is 8.00. The third kappa shape index (κ3) is 4.62. The molecule has 3 fully saturated rings. The van der Waals surface area contributed by atoms with Crippen LogP contribution in [0.1, 0.15) is 18.7 Å². The van der Waals surface area contributed by atoms with Crippen LogP contribution in [0.4, 0.5) is 5.13 Å². The number of hydrogen-bond acceptors (Lipinski definition) is 12. The van der Waals surface area contributed by atoms with Crippen molar-refractivity contribution in [2.45, 2.75) is 29.9 Å². The first-order valence-electron chi connectivity index (χ1n) is 11.3. The molecule has 6 N–H and O–H groups in total. The highest BCUT2D eigenvalue weighted by Gasteiger charge is 2.58. The first-order chi connectivity index (χ1) is 17.5. The molecule has 5 rings (SSSR count). The first kappa shape index (κ1) is 25.4. The standard InChI is InChI=1S/C20H23N7O8S2/c21-19-23-14(25-37-19)11(24-35-6-10(28)29)15(30)22-12-16(31)26-13(18(32)33)9(7-36-17(12)26)5-27-3-1-20(34,8-27)2-4-27/h12,17,34H,1-8H2,(H4-,21,22,23,25,28,29,30,32,33)/p+1/b24-11-/t12-,17+,20?,27?/m1/s1. The molecular weight excluding hydrogens is 530 g/mol. The Balaban J connectivity index is 1.33. The average Bonchev–Trinajstić information content (AvgIpc) is 3.51. The maximum atomic E-state index is 13.1. The molecule has 3 saturated heterocycles. The van der Waals surface area contributed by atoms with Crippen LogP contribution in [0, 0.1) is 0 Å². The number of carbonyl (C=O) groups is 4. The molecule has 2 bridgehead atoms. The molecule has 2 amide bonds. The summed E-state index contributed by atoms with van der Waals surface area (Å²) in [4.78, 5) is 58.7. The summed E-state index contributed by atoms with van der Waals surface area (Å²) in [5.41, 5.74) is 4.95. The van der Waals surface area contributed by atoms with E-state index in [0.717, 1.165) is 24.6 Å². The van der Waals surface area contributed by atoms with Gasteiger partial charge in [0.25, 0.3) is 11.8 Å². The molecule has 0 unspecified atom stereocenters. The van der Waals surface area contributed by atoms with Gasteiger partial charge in [0, 0.05) is 35.7 Å². The third-order valence-electron chi connectivity index (χ3n) is 7.01. The van der Waals surface area contributed by atoms with Crippen molar-refractivity contribution in [2.75, 3.05) is 44.3 Å². The van der Waals surface area contributed by atoms with E-state index in [4.69, 9.17) is 10.8 Å². The lowest BCUT2D eigenvalue weighted by atomic mass is 10.00. The lowest BCUT2D eigenvalue weighted by Gasteiger charge is -2.49. The number of nitrogens with two attached hydrogens (primary N) is 1. The smallest absolute Gasteiger partial charge is 0.352 e. The van der Waals surface area contributed by atoms with Crippen LogP contribution in [-0.2, 0) is 24.0 Å². The van der Waals surface area contributed by atoms with Crippen LogP contribution in [0.15, 0.2) is 16.4 Å². The first-order valence-corrected chi connectivity index (χ1v) is 13.1. The number of aliphatic hydroxyl groups is 1. The number of aromatic nitrogens is 2. The van der Waals surface area contributed by atoms with Crippen molar-refractivity contribution in [2.24, 2.45) is 5.16 Å². The Morgan fingerprint density at radius 3 is 2.59 bits per heavy atom. The predicted molar refractivity (Wildman–Crippen MR) is 128 cm³/mol. The van der Waals surface area contributed by atoms with Crippen molar-refractivity contribution < 1.29 is 43.8 Å². The van der Waals surface area contributed by atoms with Crippen LogP contribution in [-0.4, -0.2) is 119 Å². The second kappa shape index (κ2) is 9.23. The molecule has 0 spiro atoms. The number of nitrogens with zero attached hydrogens (tertiary/aromatic N) is 5. The van der Waals surface area contributed by atoms with E-state index in [1.807, 2.05) is 0 Å². The molecule has 0 radical (unpaired) electrons. The minimum Gasteiger partial charge on any atom is -0.479 e. The van der Waals surface area contributed by atoms with Crippen LogP contribution in [0.25, 0.3) is 0 Å². The maximum absolute atomic E-state index is 13.1. The number of piperidine rings is 1. The Bertz CT molecular complexity index is 1240. The molecule has 1 aromatic rings. The lowest BCUT2D eigenvalue weighted by Crippen LogP contribution is -2.71. The number of hydrogen-bond donors (Lipinski definition) is 5. The Morgan fingerprint density at radius 1 is 1.30 bits per heavy atom. The number of carboxylic acids is 2. The number of oxime groups is 1. The summed E-state index contributed by atoms with van der Waals surface area (Å²) in [6.07, 6.45) is 1.35. The van der Waals surface area contributed by atoms with Gasteiger partial charge in [0.15, 0.2) is 5.13 Å². The number of β-lactam (4-membered cyclic amide) rings is 1. The Labute approximate surface area is 217 Å². The van der Waals surface area contributed by atoms with E-state index in [9.17, 15) is 29.4 Å². The van der Waals surface area contributed by atoms with Gasteiger partial charge >= 0.3 is 11.9 Å². The molecule has 0 saturated carbocycles. The summed E-state index contributed by atoms with van der Waals surface area (Å²) in [7, 11) is 0. The largest absolute Gasteiger partial charge is 0.479 e. The number of quaternary nitrogens is 1. The van der Waals surface area contributed by atoms with Gasteiger partial charge in [0.1, 0.15) is 35.8 Å². The molecule has 2 atom stereocenters. The van der Waals surface area contributed by atoms with Gasteiger partial charge < -0.3 is 35.7 Å². The lowest BCUT2D eigenvalue weighted by molar-refractivity contribution is -0.904. The van der Waals surface area contributed by atoms with E-state index >= 15 is 0 Å². The van der Waals surface area contributed by atoms with E-state index in [1.165, 1.54) is 16.7 Å². The summed E-state index contributed by atoms with van der Waals surface area (Å²) in [5, 5.41) is 34.7. The van der Waals surface area contributed by atoms with E-state index in [2.05, 4.69) is 24.7 Å². The van der Waals surface area contributed by atoms with Gasteiger partial charge in [-0.2, -0.15) is 9.36 Å². The fraction of sp³-hybridized carbons (Fsp3) is 0.550. The molecule has 0 aliphatic carbocycles. The molecular formula is C20H24N7O8S2+. The van der Waals surface area contributed by atoms with Gasteiger partial charge in [0.05, 0.1) is 13.1 Å². The maximum Gasteiger partial charge on any atom is 0.352 e. The zero-order chi connectivity index (χ0) is 26.5. The van der Waals surface area contributed by atoms with Crippen molar-refractivity contribution in [3.8, 4) is 0 Å². The normalized spacial score (nSPS) is 30.7. The van der Waals surface area contributed by atoms with E-state index in [-0.39, 0.29) is 16.7 Å². The van der Waals surface area contributed by atoms with Crippen molar-refractivity contribution in [3.63, 3.8) is 0 Å². The summed E-state index contributed by atoms with van der Waals surface area (Å²) in [6, 6.07) is -1.05. The molecule has 4 aliphatic rings. The van der Waals surface area contributed by atoms with Crippen LogP contribution in [0.5, 0.6) is 0 Å². The number of fused-ring (bicyclic) bond motifs is 3. The number of nitrogens with one attached hydrogen (secondary N) is 1. The van der Waals surface area contributed by atoms with E-state index in [1.54, 1.807) is 0 Å². The number of aliphatic carboxylic acids is 2. The zero-order valence-corrected chi connectivity index (χ0v) is 21.0. The number of carboxylic acid groups (broad SMARTS) is 2. The topological polar surface area (TPSA) is 218 Å². The van der Waals surface area contributed by atoms with Crippen LogP contribution in [0.3, 0.4) is 0 Å². The molecule has 5 heterocycles. The van der Waals surface area contributed by atoms with Crippen molar-refractivity contribution in [3.05, 3.63) is 17.1 Å². The van der Waals surface area contributed by atoms with Gasteiger partial charge in [-0.25, -0.2) is 9.59 Å². The van der Waals surface area contributed by atoms with E-state index in [0.29, 0.717) is 41.7 Å². The summed E-state index contributed by atoms with van der Waals surface area (Å²) < 4.78 is 4.49. The molecule has 4 aliphatic heterocycles. The fourth-order valence-electron chi connectivity index (χ4n) is 5.37. The Hall–Kier alpha value is -3.28. The van der Waals surface area contributed by atoms with Crippen molar-refractivity contribution in [1.29, 1.82) is 0 Å².